The van der Waals surface area contributed by atoms with Crippen LogP contribution in [0.15, 0.2) is 42.6 Å². The zero-order chi connectivity index (χ0) is 18.4. The number of nitrogens with one attached hydrogen (secondary N) is 1. The molecule has 1 aromatic heterocycles. The van der Waals surface area contributed by atoms with Gasteiger partial charge in [0.1, 0.15) is 5.75 Å². The molecule has 1 aliphatic heterocycles. The van der Waals surface area contributed by atoms with E-state index in [9.17, 15) is 9.90 Å². The number of hydrogen-bond donors (Lipinski definition) is 2. The number of carbonyl (C=O) groups is 1. The van der Waals surface area contributed by atoms with Gasteiger partial charge in [-0.25, -0.2) is 4.98 Å². The molecule has 0 aliphatic carbocycles. The molecule has 1 aliphatic rings. The number of anilines is 2. The van der Waals surface area contributed by atoms with Crippen LogP contribution < -0.4 is 15.0 Å². The number of nitrogens with zero attached hydrogens (tertiary/aromatic N) is 2. The van der Waals surface area contributed by atoms with E-state index in [4.69, 9.17) is 4.74 Å². The van der Waals surface area contributed by atoms with Gasteiger partial charge in [0.15, 0.2) is 5.82 Å². The molecule has 1 amide bonds. The average Bonchev–Trinajstić information content (AvgIpc) is 2.69. The van der Waals surface area contributed by atoms with E-state index in [1.165, 1.54) is 0 Å². The molecule has 138 valence electrons. The zero-order valence-electron chi connectivity index (χ0n) is 15.0. The van der Waals surface area contributed by atoms with Crippen LogP contribution in [0.4, 0.5) is 11.5 Å². The van der Waals surface area contributed by atoms with Gasteiger partial charge in [-0.1, -0.05) is 0 Å². The van der Waals surface area contributed by atoms with Crippen molar-refractivity contribution in [1.29, 1.82) is 0 Å². The summed E-state index contributed by atoms with van der Waals surface area (Å²) in [7, 11) is 0. The first-order chi connectivity index (χ1) is 12.7. The topological polar surface area (TPSA) is 74.7 Å². The molecule has 3 rings (SSSR count). The normalized spacial score (nSPS) is 14.9. The maximum absolute atomic E-state index is 12.6. The molecule has 2 heterocycles. The van der Waals surface area contributed by atoms with E-state index < -0.39 is 0 Å². The van der Waals surface area contributed by atoms with Crippen LogP contribution in [0.3, 0.4) is 0 Å². The lowest BCUT2D eigenvalue weighted by Gasteiger charge is -2.33. The lowest BCUT2D eigenvalue weighted by molar-refractivity contribution is 0.102. The highest BCUT2D eigenvalue weighted by atomic mass is 16.5. The minimum Gasteiger partial charge on any atom is -0.494 e. The largest absolute Gasteiger partial charge is 0.494 e. The van der Waals surface area contributed by atoms with Gasteiger partial charge in [-0.05, 0) is 62.1 Å². The highest BCUT2D eigenvalue weighted by Crippen LogP contribution is 2.28. The molecule has 0 bridgehead atoms. The van der Waals surface area contributed by atoms with Crippen molar-refractivity contribution < 1.29 is 14.6 Å². The van der Waals surface area contributed by atoms with Crippen LogP contribution in [-0.4, -0.2) is 42.3 Å². The fraction of sp³-hybridized carbons (Fsp3) is 0.400. The first kappa shape index (κ1) is 18.2. The van der Waals surface area contributed by atoms with Gasteiger partial charge in [-0.2, -0.15) is 0 Å². The predicted molar refractivity (Wildman–Crippen MR) is 102 cm³/mol. The quantitative estimate of drug-likeness (QED) is 0.833. The number of aromatic nitrogens is 1. The van der Waals surface area contributed by atoms with E-state index in [2.05, 4.69) is 15.2 Å². The van der Waals surface area contributed by atoms with Crippen molar-refractivity contribution in [2.75, 3.05) is 36.5 Å². The second-order valence-electron chi connectivity index (χ2n) is 6.40. The number of rotatable bonds is 6. The van der Waals surface area contributed by atoms with Crippen molar-refractivity contribution in [2.45, 2.75) is 19.8 Å². The molecule has 26 heavy (non-hydrogen) atoms. The van der Waals surface area contributed by atoms with Gasteiger partial charge in [0.25, 0.3) is 5.91 Å². The number of hydrogen-bond acceptors (Lipinski definition) is 5. The van der Waals surface area contributed by atoms with E-state index in [1.54, 1.807) is 30.5 Å². The molecule has 2 aromatic rings. The average molecular weight is 355 g/mol. The maximum atomic E-state index is 12.6. The molecular formula is C20H25N3O3. The minimum atomic E-state index is -0.174. The summed E-state index contributed by atoms with van der Waals surface area (Å²) < 4.78 is 5.41. The second kappa shape index (κ2) is 8.67. The molecule has 0 radical (unpaired) electrons. The highest BCUT2D eigenvalue weighted by molar-refractivity contribution is 6.05. The van der Waals surface area contributed by atoms with Crippen molar-refractivity contribution in [2.24, 2.45) is 5.92 Å². The molecule has 6 nitrogen and oxygen atoms in total. The molecule has 1 aromatic carbocycles. The van der Waals surface area contributed by atoms with Gasteiger partial charge >= 0.3 is 0 Å². The van der Waals surface area contributed by atoms with Crippen molar-refractivity contribution in [3.8, 4) is 5.75 Å². The summed E-state index contributed by atoms with van der Waals surface area (Å²) in [6, 6.07) is 10.8. The number of aliphatic hydroxyl groups excluding tert-OH is 1. The number of pyridine rings is 1. The standard InChI is InChI=1S/C20H25N3O3/c1-2-26-17-7-5-16(6-8-17)20(25)22-18-4-3-11-21-19(18)23-12-9-15(14-24)10-13-23/h3-8,11,15,24H,2,9-10,12-14H2,1H3,(H,22,25). The predicted octanol–water partition coefficient (Wildman–Crippen LogP) is 2.94. The van der Waals surface area contributed by atoms with Crippen LogP contribution in [0.2, 0.25) is 0 Å². The summed E-state index contributed by atoms with van der Waals surface area (Å²) in [6.07, 6.45) is 3.60. The lowest BCUT2D eigenvalue weighted by Crippen LogP contribution is -2.35. The molecule has 6 heteroatoms. The SMILES string of the molecule is CCOc1ccc(C(=O)Nc2cccnc2N2CCC(CO)CC2)cc1. The van der Waals surface area contributed by atoms with E-state index in [0.717, 1.165) is 37.5 Å². The number of ether oxygens (including phenoxy) is 1. The number of amides is 1. The smallest absolute Gasteiger partial charge is 0.255 e. The van der Waals surface area contributed by atoms with Crippen molar-refractivity contribution in [3.63, 3.8) is 0 Å². The molecule has 0 saturated carbocycles. The summed E-state index contributed by atoms with van der Waals surface area (Å²) in [5.41, 5.74) is 1.27. The molecule has 1 saturated heterocycles. The van der Waals surface area contributed by atoms with Crippen LogP contribution in [0.5, 0.6) is 5.75 Å². The third-order valence-electron chi connectivity index (χ3n) is 4.63. The summed E-state index contributed by atoms with van der Waals surface area (Å²) in [5.74, 6) is 1.71. The van der Waals surface area contributed by atoms with Gasteiger partial charge in [0.2, 0.25) is 0 Å². The van der Waals surface area contributed by atoms with E-state index in [0.29, 0.717) is 23.8 Å². The summed E-state index contributed by atoms with van der Waals surface area (Å²) in [4.78, 5) is 19.2. The number of carbonyl (C=O) groups excluding carboxylic acids is 1. The first-order valence-electron chi connectivity index (χ1n) is 9.06. The summed E-state index contributed by atoms with van der Waals surface area (Å²) in [5, 5.41) is 12.3. The third kappa shape index (κ3) is 4.32. The Kier molecular flexibility index (Phi) is 6.07. The molecule has 0 atom stereocenters. The summed E-state index contributed by atoms with van der Waals surface area (Å²) >= 11 is 0. The van der Waals surface area contributed by atoms with Gasteiger partial charge in [-0.15, -0.1) is 0 Å². The maximum Gasteiger partial charge on any atom is 0.255 e. The van der Waals surface area contributed by atoms with Crippen LogP contribution >= 0.6 is 0 Å². The highest BCUT2D eigenvalue weighted by Gasteiger charge is 2.22. The number of aliphatic hydroxyl groups is 1. The Morgan fingerprint density at radius 2 is 2.00 bits per heavy atom. The van der Waals surface area contributed by atoms with Crippen LogP contribution in [0, 0.1) is 5.92 Å². The van der Waals surface area contributed by atoms with E-state index in [1.807, 2.05) is 19.1 Å². The van der Waals surface area contributed by atoms with Crippen LogP contribution in [0.25, 0.3) is 0 Å². The Bertz CT molecular complexity index is 725. The summed E-state index contributed by atoms with van der Waals surface area (Å²) in [6.45, 7) is 4.41. The molecule has 2 N–H and O–H groups in total. The van der Waals surface area contributed by atoms with E-state index >= 15 is 0 Å². The Morgan fingerprint density at radius 1 is 1.27 bits per heavy atom. The molecule has 1 fully saturated rings. The Hall–Kier alpha value is -2.60. The van der Waals surface area contributed by atoms with Crippen LogP contribution in [-0.2, 0) is 0 Å². The lowest BCUT2D eigenvalue weighted by atomic mass is 9.98. The Balaban J connectivity index is 1.70. The fourth-order valence-electron chi connectivity index (χ4n) is 3.14. The Morgan fingerprint density at radius 3 is 2.65 bits per heavy atom. The molecule has 0 spiro atoms. The van der Waals surface area contributed by atoms with Crippen molar-refractivity contribution in [1.82, 2.24) is 4.98 Å². The fourth-order valence-corrected chi connectivity index (χ4v) is 3.14. The van der Waals surface area contributed by atoms with E-state index in [-0.39, 0.29) is 12.5 Å². The minimum absolute atomic E-state index is 0.174. The number of benzene rings is 1. The second-order valence-corrected chi connectivity index (χ2v) is 6.40. The monoisotopic (exact) mass is 355 g/mol. The third-order valence-corrected chi connectivity index (χ3v) is 4.63. The van der Waals surface area contributed by atoms with Crippen molar-refractivity contribution in [3.05, 3.63) is 48.2 Å². The van der Waals surface area contributed by atoms with Crippen LogP contribution in [0.1, 0.15) is 30.1 Å². The molecular weight excluding hydrogens is 330 g/mol. The van der Waals surface area contributed by atoms with Gasteiger partial charge in [0, 0.05) is 31.5 Å². The van der Waals surface area contributed by atoms with Crippen molar-refractivity contribution >= 4 is 17.4 Å². The zero-order valence-corrected chi connectivity index (χ0v) is 15.0. The van der Waals surface area contributed by atoms with Gasteiger partial charge in [0.05, 0.1) is 12.3 Å². The van der Waals surface area contributed by atoms with Gasteiger partial charge < -0.3 is 20.1 Å². The van der Waals surface area contributed by atoms with Gasteiger partial charge in [-0.3, -0.25) is 4.79 Å². The Labute approximate surface area is 153 Å². The first-order valence-corrected chi connectivity index (χ1v) is 9.06. The molecule has 0 unspecified atom stereocenters. The number of piperidine rings is 1.